The average Bonchev–Trinajstić information content (AvgIpc) is 2.08. The number of rotatable bonds is 6. The summed E-state index contributed by atoms with van der Waals surface area (Å²) in [6.45, 7) is 0.397. The first kappa shape index (κ1) is 14.3. The molecule has 0 spiro atoms. The van der Waals surface area contributed by atoms with Gasteiger partial charge in [-0.2, -0.15) is 0 Å². The van der Waals surface area contributed by atoms with E-state index in [4.69, 9.17) is 18.0 Å². The maximum Gasteiger partial charge on any atom is 0.233 e. The number of nitrogens with two attached hydrogens (primary N) is 1. The molecule has 8 heteroatoms. The van der Waals surface area contributed by atoms with Crippen LogP contribution in [0.3, 0.4) is 0 Å². The highest BCUT2D eigenvalue weighted by atomic mass is 32.2. The molecule has 0 aromatic carbocycles. The summed E-state index contributed by atoms with van der Waals surface area (Å²) in [6.07, 6.45) is 3.35. The SMILES string of the molecule is CS(=O)(=O)NCCNC(=O)C1(C(N)=S)CCC1. The van der Waals surface area contributed by atoms with Gasteiger partial charge in [0.1, 0.15) is 0 Å². The number of hydrogen-bond donors (Lipinski definition) is 3. The Labute approximate surface area is 106 Å². The molecule has 17 heavy (non-hydrogen) atoms. The lowest BCUT2D eigenvalue weighted by Gasteiger charge is -2.39. The molecule has 4 N–H and O–H groups in total. The van der Waals surface area contributed by atoms with Crippen LogP contribution in [-0.2, 0) is 14.8 Å². The summed E-state index contributed by atoms with van der Waals surface area (Å²) in [4.78, 5) is 12.1. The highest BCUT2D eigenvalue weighted by molar-refractivity contribution is 7.88. The van der Waals surface area contributed by atoms with Crippen molar-refractivity contribution in [2.24, 2.45) is 11.1 Å². The van der Waals surface area contributed by atoms with Gasteiger partial charge in [0.25, 0.3) is 0 Å². The molecule has 6 nitrogen and oxygen atoms in total. The van der Waals surface area contributed by atoms with E-state index in [0.717, 1.165) is 12.7 Å². The third-order valence-corrected chi connectivity index (χ3v) is 4.01. The number of nitrogens with one attached hydrogen (secondary N) is 2. The fraction of sp³-hybridized carbons (Fsp3) is 0.778. The van der Waals surface area contributed by atoms with Crippen LogP contribution in [0.15, 0.2) is 0 Å². The second-order valence-corrected chi connectivity index (χ2v) is 6.50. The predicted molar refractivity (Wildman–Crippen MR) is 68.9 cm³/mol. The molecule has 1 aliphatic carbocycles. The van der Waals surface area contributed by atoms with Crippen molar-refractivity contribution >= 4 is 33.1 Å². The van der Waals surface area contributed by atoms with Gasteiger partial charge in [-0.05, 0) is 12.8 Å². The van der Waals surface area contributed by atoms with Crippen LogP contribution in [0.1, 0.15) is 19.3 Å². The molecular formula is C9H17N3O3S2. The number of sulfonamides is 1. The Morgan fingerprint density at radius 2 is 2.00 bits per heavy atom. The molecule has 98 valence electrons. The first-order valence-electron chi connectivity index (χ1n) is 5.31. The van der Waals surface area contributed by atoms with Gasteiger partial charge in [-0.25, -0.2) is 13.1 Å². The van der Waals surface area contributed by atoms with Crippen molar-refractivity contribution in [3.05, 3.63) is 0 Å². The Morgan fingerprint density at radius 3 is 2.35 bits per heavy atom. The zero-order valence-corrected chi connectivity index (χ0v) is 11.3. The van der Waals surface area contributed by atoms with Crippen LogP contribution < -0.4 is 15.8 Å². The van der Waals surface area contributed by atoms with Gasteiger partial charge in [0.05, 0.1) is 16.7 Å². The molecule has 0 unspecified atom stereocenters. The summed E-state index contributed by atoms with van der Waals surface area (Å²) in [7, 11) is -3.22. The minimum absolute atomic E-state index is 0.165. The van der Waals surface area contributed by atoms with Gasteiger partial charge in [0, 0.05) is 13.1 Å². The van der Waals surface area contributed by atoms with E-state index in [1.54, 1.807) is 0 Å². The first-order chi connectivity index (χ1) is 7.78. The average molecular weight is 279 g/mol. The molecule has 1 fully saturated rings. The molecule has 1 amide bonds. The lowest BCUT2D eigenvalue weighted by Crippen LogP contribution is -2.54. The van der Waals surface area contributed by atoms with Crippen molar-refractivity contribution in [1.29, 1.82) is 0 Å². The summed E-state index contributed by atoms with van der Waals surface area (Å²) in [6, 6.07) is 0. The van der Waals surface area contributed by atoms with Crippen LogP contribution in [-0.4, -0.2) is 38.7 Å². The Morgan fingerprint density at radius 1 is 1.41 bits per heavy atom. The lowest BCUT2D eigenvalue weighted by molar-refractivity contribution is -0.130. The van der Waals surface area contributed by atoms with Gasteiger partial charge < -0.3 is 11.1 Å². The molecule has 1 saturated carbocycles. The fourth-order valence-electron chi connectivity index (χ4n) is 1.70. The molecule has 1 rings (SSSR count). The largest absolute Gasteiger partial charge is 0.392 e. The van der Waals surface area contributed by atoms with Crippen LogP contribution in [0.4, 0.5) is 0 Å². The van der Waals surface area contributed by atoms with E-state index in [1.165, 1.54) is 0 Å². The molecule has 1 aliphatic rings. The highest BCUT2D eigenvalue weighted by Gasteiger charge is 2.46. The van der Waals surface area contributed by atoms with Crippen molar-refractivity contribution in [3.8, 4) is 0 Å². The summed E-state index contributed by atoms with van der Waals surface area (Å²) in [5.41, 5.74) is 4.86. The summed E-state index contributed by atoms with van der Waals surface area (Å²) >= 11 is 4.90. The topological polar surface area (TPSA) is 101 Å². The predicted octanol–water partition coefficient (Wildman–Crippen LogP) is -0.892. The van der Waals surface area contributed by atoms with E-state index >= 15 is 0 Å². The summed E-state index contributed by atoms with van der Waals surface area (Å²) in [5, 5.41) is 2.65. The Bertz CT molecular complexity index is 415. The Balaban J connectivity index is 2.37. The van der Waals surface area contributed by atoms with E-state index in [1.807, 2.05) is 0 Å². The van der Waals surface area contributed by atoms with Crippen LogP contribution in [0.5, 0.6) is 0 Å². The molecule has 0 aromatic rings. The molecule has 0 radical (unpaired) electrons. The van der Waals surface area contributed by atoms with Gasteiger partial charge in [-0.1, -0.05) is 18.6 Å². The molecule has 0 heterocycles. The van der Waals surface area contributed by atoms with Gasteiger partial charge in [-0.15, -0.1) is 0 Å². The minimum atomic E-state index is -3.22. The molecule has 0 atom stereocenters. The van der Waals surface area contributed by atoms with Crippen molar-refractivity contribution in [3.63, 3.8) is 0 Å². The zero-order valence-electron chi connectivity index (χ0n) is 9.65. The Kier molecular flexibility index (Phi) is 4.45. The number of hydrogen-bond acceptors (Lipinski definition) is 4. The normalized spacial score (nSPS) is 18.2. The van der Waals surface area contributed by atoms with Crippen LogP contribution in [0.25, 0.3) is 0 Å². The van der Waals surface area contributed by atoms with Crippen LogP contribution in [0, 0.1) is 5.41 Å². The third kappa shape index (κ3) is 3.62. The number of thiocarbonyl (C=S) groups is 1. The van der Waals surface area contributed by atoms with Gasteiger partial charge in [0.15, 0.2) is 0 Å². The van der Waals surface area contributed by atoms with E-state index in [9.17, 15) is 13.2 Å². The monoisotopic (exact) mass is 279 g/mol. The second kappa shape index (κ2) is 5.28. The van der Waals surface area contributed by atoms with Crippen molar-refractivity contribution in [2.75, 3.05) is 19.3 Å². The molecular weight excluding hydrogens is 262 g/mol. The molecule has 0 aliphatic heterocycles. The van der Waals surface area contributed by atoms with Gasteiger partial charge in [0.2, 0.25) is 15.9 Å². The quantitative estimate of drug-likeness (QED) is 0.432. The Hall–Kier alpha value is -0.730. The summed E-state index contributed by atoms with van der Waals surface area (Å²) in [5.74, 6) is -0.202. The first-order valence-corrected chi connectivity index (χ1v) is 7.61. The third-order valence-electron chi connectivity index (χ3n) is 2.89. The van der Waals surface area contributed by atoms with E-state index < -0.39 is 15.4 Å². The van der Waals surface area contributed by atoms with E-state index in [2.05, 4.69) is 10.0 Å². The fourth-order valence-corrected chi connectivity index (χ4v) is 2.47. The highest BCUT2D eigenvalue weighted by Crippen LogP contribution is 2.41. The van der Waals surface area contributed by atoms with Gasteiger partial charge in [-0.3, -0.25) is 4.79 Å². The number of carbonyl (C=O) groups is 1. The number of carbonyl (C=O) groups excluding carboxylic acids is 1. The maximum atomic E-state index is 11.9. The van der Waals surface area contributed by atoms with Crippen molar-refractivity contribution < 1.29 is 13.2 Å². The van der Waals surface area contributed by atoms with E-state index in [0.29, 0.717) is 12.8 Å². The lowest BCUT2D eigenvalue weighted by atomic mass is 9.68. The zero-order chi connectivity index (χ0) is 13.1. The molecule has 0 saturated heterocycles. The second-order valence-electron chi connectivity index (χ2n) is 4.22. The van der Waals surface area contributed by atoms with Crippen molar-refractivity contribution in [2.45, 2.75) is 19.3 Å². The van der Waals surface area contributed by atoms with Gasteiger partial charge >= 0.3 is 0 Å². The minimum Gasteiger partial charge on any atom is -0.392 e. The van der Waals surface area contributed by atoms with Crippen molar-refractivity contribution in [1.82, 2.24) is 10.0 Å². The number of amides is 1. The van der Waals surface area contributed by atoms with Crippen LogP contribution in [0.2, 0.25) is 0 Å². The van der Waals surface area contributed by atoms with Crippen LogP contribution >= 0.6 is 12.2 Å². The molecule has 0 bridgehead atoms. The molecule has 0 aromatic heterocycles. The summed E-state index contributed by atoms with van der Waals surface area (Å²) < 4.78 is 23.9. The standard InChI is InChI=1S/C9H17N3O3S2/c1-17(14,15)12-6-5-11-8(13)9(7(10)16)3-2-4-9/h12H,2-6H2,1H3,(H2,10,16)(H,11,13). The smallest absolute Gasteiger partial charge is 0.233 e. The maximum absolute atomic E-state index is 11.9. The van der Waals surface area contributed by atoms with E-state index in [-0.39, 0.29) is 24.0 Å².